The number of hydrogen-bond donors (Lipinski definition) is 2. The van der Waals surface area contributed by atoms with Crippen molar-refractivity contribution in [1.29, 1.82) is 0 Å². The molecule has 9 atom stereocenters. The van der Waals surface area contributed by atoms with Gasteiger partial charge in [-0.05, 0) is 55.7 Å². The summed E-state index contributed by atoms with van der Waals surface area (Å²) >= 11 is 0. The zero-order valence-electron chi connectivity index (χ0n) is 21.3. The molecule has 3 aliphatic carbocycles. The van der Waals surface area contributed by atoms with E-state index in [2.05, 4.69) is 6.92 Å². The molecule has 2 N–H and O–H groups in total. The second kappa shape index (κ2) is 7.03. The minimum Gasteiger partial charge on any atom is -0.458 e. The Morgan fingerprint density at radius 1 is 1.16 bits per heavy atom. The number of carbonyl (C=O) groups is 1. The summed E-state index contributed by atoms with van der Waals surface area (Å²) in [7, 11) is -4.29. The van der Waals surface area contributed by atoms with E-state index in [1.165, 1.54) is 12.1 Å². The number of ether oxygens (including phenoxy) is 3. The van der Waals surface area contributed by atoms with Crippen LogP contribution in [-0.2, 0) is 33.3 Å². The Bertz CT molecular complexity index is 1350. The highest BCUT2D eigenvalue weighted by molar-refractivity contribution is 7.86. The Morgan fingerprint density at radius 3 is 2.54 bits per heavy atom. The van der Waals surface area contributed by atoms with Crippen LogP contribution < -0.4 is 0 Å². The molecule has 0 aromatic heterocycles. The fraction of sp³-hybridized carbons (Fsp3) is 0.667. The molecule has 2 saturated carbocycles. The van der Waals surface area contributed by atoms with Gasteiger partial charge in [-0.15, -0.1) is 0 Å². The fourth-order valence-corrected chi connectivity index (χ4v) is 9.40. The minimum absolute atomic E-state index is 0.0314. The average molecular weight is 533 g/mol. The van der Waals surface area contributed by atoms with Gasteiger partial charge in [-0.2, -0.15) is 8.42 Å². The zero-order chi connectivity index (χ0) is 26.3. The van der Waals surface area contributed by atoms with Crippen molar-refractivity contribution in [3.8, 4) is 0 Å². The van der Waals surface area contributed by atoms with Crippen molar-refractivity contribution in [3.05, 3.63) is 41.0 Å². The molecule has 0 amide bonds. The lowest BCUT2D eigenvalue weighted by atomic mass is 9.45. The van der Waals surface area contributed by atoms with Crippen LogP contribution in [0.1, 0.15) is 45.6 Å². The van der Waals surface area contributed by atoms with Crippen LogP contribution in [0.3, 0.4) is 0 Å². The summed E-state index contributed by atoms with van der Waals surface area (Å²) in [5.74, 6) is -0.922. The van der Waals surface area contributed by atoms with Crippen molar-refractivity contribution >= 4 is 16.1 Å². The molecule has 37 heavy (non-hydrogen) atoms. The molecule has 1 aromatic rings. The van der Waals surface area contributed by atoms with Gasteiger partial charge < -0.3 is 24.4 Å². The van der Waals surface area contributed by atoms with Crippen LogP contribution in [0, 0.1) is 24.2 Å². The third-order valence-electron chi connectivity index (χ3n) is 10.4. The Balaban J connectivity index is 1.34. The summed E-state index contributed by atoms with van der Waals surface area (Å²) in [6.07, 6.45) is -2.33. The van der Waals surface area contributed by atoms with E-state index in [-0.39, 0.29) is 23.4 Å². The van der Waals surface area contributed by atoms with E-state index in [1.54, 1.807) is 26.0 Å². The van der Waals surface area contributed by atoms with E-state index in [9.17, 15) is 23.4 Å². The standard InChI is InChI=1S/C27H32O9S/c1-13(2)25(30)20(36-37(31,32)15-7-5-14(3)6-8-15)21-27(35-21)24(4)10-9-16-17(12-33-22(16)28)18(24)11-19-26(27,34-19)23(25)29/h5-8,13,18-21,23,29-30H,9-12H2,1-4H3/t18-,19-,20+,21-,23+,24-,25-,26+,27+/m0/s1. The fourth-order valence-electron chi connectivity index (χ4n) is 8.29. The molecule has 0 radical (unpaired) electrons. The van der Waals surface area contributed by atoms with Gasteiger partial charge in [0.2, 0.25) is 0 Å². The summed E-state index contributed by atoms with van der Waals surface area (Å²) in [6.45, 7) is 7.62. The normalized spacial score (nSPS) is 47.4. The van der Waals surface area contributed by atoms with Crippen LogP contribution >= 0.6 is 0 Å². The summed E-state index contributed by atoms with van der Waals surface area (Å²) < 4.78 is 50.9. The quantitative estimate of drug-likeness (QED) is 0.338. The molecule has 2 saturated heterocycles. The van der Waals surface area contributed by atoms with E-state index < -0.39 is 62.7 Å². The van der Waals surface area contributed by atoms with Gasteiger partial charge in [0.25, 0.3) is 10.1 Å². The monoisotopic (exact) mass is 532 g/mol. The molecule has 0 unspecified atom stereocenters. The van der Waals surface area contributed by atoms with Crippen LogP contribution in [0.4, 0.5) is 0 Å². The molecule has 7 rings (SSSR count). The van der Waals surface area contributed by atoms with Crippen molar-refractivity contribution in [2.24, 2.45) is 17.3 Å². The smallest absolute Gasteiger partial charge is 0.334 e. The first-order valence-corrected chi connectivity index (χ1v) is 14.4. The second-order valence-electron chi connectivity index (χ2n) is 12.2. The van der Waals surface area contributed by atoms with Gasteiger partial charge in [-0.25, -0.2) is 4.79 Å². The van der Waals surface area contributed by atoms with Gasteiger partial charge in [0.15, 0.2) is 5.60 Å². The molecule has 0 bridgehead atoms. The molecular weight excluding hydrogens is 500 g/mol. The van der Waals surface area contributed by atoms with Gasteiger partial charge in [-0.3, -0.25) is 4.18 Å². The van der Waals surface area contributed by atoms with Crippen LogP contribution in [0.5, 0.6) is 0 Å². The lowest BCUT2D eigenvalue weighted by Gasteiger charge is -2.57. The van der Waals surface area contributed by atoms with Crippen LogP contribution in [0.25, 0.3) is 0 Å². The molecule has 6 aliphatic rings. The summed E-state index contributed by atoms with van der Waals surface area (Å²) in [4.78, 5) is 12.3. The van der Waals surface area contributed by atoms with Gasteiger partial charge in [0, 0.05) is 11.0 Å². The minimum atomic E-state index is -4.29. The molecule has 3 aliphatic heterocycles. The third-order valence-corrected chi connectivity index (χ3v) is 11.7. The lowest BCUT2D eigenvalue weighted by Crippen LogP contribution is -2.76. The van der Waals surface area contributed by atoms with E-state index in [0.717, 1.165) is 11.1 Å². The number of aryl methyl sites for hydroxylation is 1. The predicted molar refractivity (Wildman–Crippen MR) is 128 cm³/mol. The first kappa shape index (κ1) is 24.2. The number of cyclic esters (lactones) is 1. The van der Waals surface area contributed by atoms with Crippen molar-refractivity contribution in [1.82, 2.24) is 0 Å². The Hall–Kier alpha value is -1.82. The van der Waals surface area contributed by atoms with E-state index in [1.807, 2.05) is 6.92 Å². The molecular formula is C27H32O9S. The maximum absolute atomic E-state index is 13.4. The van der Waals surface area contributed by atoms with Gasteiger partial charge in [-0.1, -0.05) is 38.5 Å². The van der Waals surface area contributed by atoms with Crippen molar-refractivity contribution in [2.75, 3.05) is 6.61 Å². The lowest BCUT2D eigenvalue weighted by molar-refractivity contribution is -0.216. The molecule has 1 aromatic carbocycles. The molecule has 10 heteroatoms. The maximum atomic E-state index is 13.4. The summed E-state index contributed by atoms with van der Waals surface area (Å²) in [6, 6.07) is 6.29. The molecule has 9 nitrogen and oxygen atoms in total. The van der Waals surface area contributed by atoms with Crippen LogP contribution in [-0.4, -0.2) is 72.4 Å². The van der Waals surface area contributed by atoms with E-state index >= 15 is 0 Å². The largest absolute Gasteiger partial charge is 0.458 e. The number of fused-ring (bicyclic) bond motifs is 2. The number of epoxide rings is 2. The zero-order valence-corrected chi connectivity index (χ0v) is 22.1. The number of hydrogen-bond acceptors (Lipinski definition) is 9. The summed E-state index contributed by atoms with van der Waals surface area (Å²) in [5.41, 5.74) is -2.18. The SMILES string of the molecule is Cc1ccc(S(=O)(=O)O[C@@H]2[C@@H]3O[C@]34[C@]3(O[C@H]3C[C@H]3C5=C(CC[C@@]34C)C(=O)OC5)[C@H](O)[C@]2(O)C(C)C)cc1. The number of carbonyl (C=O) groups excluding carboxylic acids is 1. The molecule has 200 valence electrons. The first-order chi connectivity index (χ1) is 17.3. The molecule has 2 spiro atoms. The Morgan fingerprint density at radius 2 is 1.86 bits per heavy atom. The number of aliphatic hydroxyl groups is 2. The Labute approximate surface area is 215 Å². The van der Waals surface area contributed by atoms with E-state index in [4.69, 9.17) is 18.4 Å². The van der Waals surface area contributed by atoms with Crippen LogP contribution in [0.15, 0.2) is 40.3 Å². The Kier molecular flexibility index (Phi) is 4.60. The topological polar surface area (TPSA) is 135 Å². The van der Waals surface area contributed by atoms with Crippen molar-refractivity contribution in [3.63, 3.8) is 0 Å². The highest BCUT2D eigenvalue weighted by Gasteiger charge is 2.97. The second-order valence-corrected chi connectivity index (χ2v) is 13.8. The number of esters is 1. The summed E-state index contributed by atoms with van der Waals surface area (Å²) in [5, 5.41) is 23.9. The van der Waals surface area contributed by atoms with Crippen molar-refractivity contribution < 1.29 is 41.8 Å². The van der Waals surface area contributed by atoms with Gasteiger partial charge in [0.05, 0.1) is 11.0 Å². The van der Waals surface area contributed by atoms with Crippen molar-refractivity contribution in [2.45, 2.75) is 93.1 Å². The van der Waals surface area contributed by atoms with Gasteiger partial charge in [0.1, 0.15) is 36.1 Å². The maximum Gasteiger partial charge on any atom is 0.334 e. The first-order valence-electron chi connectivity index (χ1n) is 13.0. The highest BCUT2D eigenvalue weighted by Crippen LogP contribution is 2.80. The molecule has 4 fully saturated rings. The third kappa shape index (κ3) is 2.62. The highest BCUT2D eigenvalue weighted by atomic mass is 32.2. The predicted octanol–water partition coefficient (Wildman–Crippen LogP) is 1.78. The average Bonchev–Trinajstić information content (AvgIpc) is 3.73. The number of benzene rings is 1. The number of aliphatic hydroxyl groups excluding tert-OH is 1. The van der Waals surface area contributed by atoms with Gasteiger partial charge >= 0.3 is 5.97 Å². The number of rotatable bonds is 4. The molecule has 3 heterocycles. The van der Waals surface area contributed by atoms with Crippen LogP contribution in [0.2, 0.25) is 0 Å². The van der Waals surface area contributed by atoms with E-state index in [0.29, 0.717) is 24.8 Å².